The lowest BCUT2D eigenvalue weighted by Crippen LogP contribution is -2.41. The number of aryl methyl sites for hydroxylation is 2. The molecule has 46 heavy (non-hydrogen) atoms. The van der Waals surface area contributed by atoms with Crippen molar-refractivity contribution in [1.29, 1.82) is 0 Å². The van der Waals surface area contributed by atoms with Gasteiger partial charge in [0, 0.05) is 23.0 Å². The first-order valence-corrected chi connectivity index (χ1v) is 15.6. The number of aliphatic imine (C=N–C) groups is 1. The summed E-state index contributed by atoms with van der Waals surface area (Å²) in [6, 6.07) is 16.8. The lowest BCUT2D eigenvalue weighted by molar-refractivity contribution is -0.274. The molecule has 1 aromatic heterocycles. The molecule has 3 atom stereocenters. The smallest absolute Gasteiger partial charge is 0.497 e. The maximum atomic E-state index is 13.1. The maximum Gasteiger partial charge on any atom is 0.573 e. The highest BCUT2D eigenvalue weighted by Crippen LogP contribution is 2.42. The topological polar surface area (TPSA) is 106 Å². The SMILES string of the molecule is COc1ccc(N2C(=NC(=O)NC3CCc4cc(-c5ncn(-c6ccc(OC(F)(F)F)cc6)n5)ccc4C3)SCC3OC32)c(C)c1. The summed E-state index contributed by atoms with van der Waals surface area (Å²) in [7, 11) is 1.63. The number of carbonyl (C=O) groups is 1. The van der Waals surface area contributed by atoms with Crippen LogP contribution in [-0.4, -0.2) is 63.6 Å². The van der Waals surface area contributed by atoms with Crippen molar-refractivity contribution in [3.8, 4) is 28.6 Å². The molecule has 3 aliphatic rings. The van der Waals surface area contributed by atoms with E-state index < -0.39 is 6.36 Å². The highest BCUT2D eigenvalue weighted by molar-refractivity contribution is 8.14. The largest absolute Gasteiger partial charge is 0.573 e. The van der Waals surface area contributed by atoms with Gasteiger partial charge in [0.15, 0.2) is 17.2 Å². The van der Waals surface area contributed by atoms with E-state index in [1.54, 1.807) is 7.11 Å². The zero-order valence-corrected chi connectivity index (χ0v) is 25.6. The molecular weight excluding hydrogens is 621 g/mol. The molecule has 0 radical (unpaired) electrons. The third kappa shape index (κ3) is 6.40. The summed E-state index contributed by atoms with van der Waals surface area (Å²) in [6.07, 6.45) is -1.07. The van der Waals surface area contributed by atoms with E-state index in [9.17, 15) is 18.0 Å². The molecule has 3 heterocycles. The lowest BCUT2D eigenvalue weighted by atomic mass is 9.87. The number of thioether (sulfide) groups is 1. The van der Waals surface area contributed by atoms with Gasteiger partial charge in [-0.05, 0) is 91.4 Å². The van der Waals surface area contributed by atoms with Crippen LogP contribution in [0.4, 0.5) is 23.7 Å². The van der Waals surface area contributed by atoms with Crippen molar-refractivity contribution in [2.24, 2.45) is 4.99 Å². The van der Waals surface area contributed by atoms with Crippen molar-refractivity contribution in [3.05, 3.63) is 83.7 Å². The fourth-order valence-electron chi connectivity index (χ4n) is 5.80. The first-order chi connectivity index (χ1) is 22.1. The maximum absolute atomic E-state index is 13.1. The van der Waals surface area contributed by atoms with Crippen molar-refractivity contribution in [2.45, 2.75) is 50.9 Å². The Hall–Kier alpha value is -4.56. The van der Waals surface area contributed by atoms with Crippen LogP contribution in [0.25, 0.3) is 17.1 Å². The predicted octanol–water partition coefficient (Wildman–Crippen LogP) is 6.05. The Labute approximate surface area is 266 Å². The number of anilines is 1. The molecule has 2 fully saturated rings. The van der Waals surface area contributed by atoms with Gasteiger partial charge in [-0.1, -0.05) is 23.9 Å². The van der Waals surface area contributed by atoms with Crippen LogP contribution in [0.5, 0.6) is 11.5 Å². The van der Waals surface area contributed by atoms with Crippen LogP contribution in [0.2, 0.25) is 0 Å². The molecule has 2 amide bonds. The van der Waals surface area contributed by atoms with Crippen molar-refractivity contribution in [3.63, 3.8) is 0 Å². The van der Waals surface area contributed by atoms with Gasteiger partial charge in [-0.2, -0.15) is 4.99 Å². The monoisotopic (exact) mass is 650 g/mol. The molecule has 14 heteroatoms. The number of nitrogens with one attached hydrogen (secondary N) is 1. The van der Waals surface area contributed by atoms with Gasteiger partial charge in [0.05, 0.1) is 12.8 Å². The van der Waals surface area contributed by atoms with Crippen molar-refractivity contribution < 1.29 is 32.2 Å². The van der Waals surface area contributed by atoms with Gasteiger partial charge in [-0.15, -0.1) is 18.3 Å². The predicted molar refractivity (Wildman–Crippen MR) is 167 cm³/mol. The van der Waals surface area contributed by atoms with E-state index >= 15 is 0 Å². The number of benzene rings is 3. The zero-order valence-electron chi connectivity index (χ0n) is 24.8. The molecule has 10 nitrogen and oxygen atoms in total. The van der Waals surface area contributed by atoms with Crippen molar-refractivity contribution >= 4 is 28.6 Å². The minimum atomic E-state index is -4.75. The van der Waals surface area contributed by atoms with Crippen molar-refractivity contribution in [1.82, 2.24) is 20.1 Å². The number of nitrogens with zero attached hydrogens (tertiary/aromatic N) is 5. The third-order valence-corrected chi connectivity index (χ3v) is 9.14. The lowest BCUT2D eigenvalue weighted by Gasteiger charge is -2.29. The normalized spacial score (nSPS) is 21.4. The molecule has 4 aromatic rings. The van der Waals surface area contributed by atoms with Gasteiger partial charge in [0.25, 0.3) is 0 Å². The molecule has 1 N–H and O–H groups in total. The van der Waals surface area contributed by atoms with Crippen LogP contribution >= 0.6 is 11.8 Å². The molecule has 3 aromatic carbocycles. The second-order valence-electron chi connectivity index (χ2n) is 11.2. The summed E-state index contributed by atoms with van der Waals surface area (Å²) in [4.78, 5) is 24.0. The second kappa shape index (κ2) is 12.0. The van der Waals surface area contributed by atoms with E-state index in [1.807, 2.05) is 48.2 Å². The fraction of sp³-hybridized carbons (Fsp3) is 0.312. The zero-order chi connectivity index (χ0) is 32.0. The summed E-state index contributed by atoms with van der Waals surface area (Å²) in [5.41, 5.74) is 5.59. The number of hydrogen-bond donors (Lipinski definition) is 1. The van der Waals surface area contributed by atoms with Gasteiger partial charge in [-0.3, -0.25) is 4.90 Å². The van der Waals surface area contributed by atoms with Crippen LogP contribution < -0.4 is 19.7 Å². The van der Waals surface area contributed by atoms with Gasteiger partial charge in [0.1, 0.15) is 23.9 Å². The summed E-state index contributed by atoms with van der Waals surface area (Å²) in [5, 5.41) is 8.23. The minimum absolute atomic E-state index is 0.0634. The Bertz CT molecular complexity index is 1810. The van der Waals surface area contributed by atoms with Crippen LogP contribution in [0, 0.1) is 6.92 Å². The molecular formula is C32H29F3N6O4S. The first kappa shape index (κ1) is 30.1. The summed E-state index contributed by atoms with van der Waals surface area (Å²) in [6.45, 7) is 2.00. The van der Waals surface area contributed by atoms with Crippen LogP contribution in [0.3, 0.4) is 0 Å². The van der Waals surface area contributed by atoms with E-state index in [0.29, 0.717) is 23.1 Å². The summed E-state index contributed by atoms with van der Waals surface area (Å²) < 4.78 is 54.0. The Morgan fingerprint density at radius 3 is 2.65 bits per heavy atom. The number of rotatable bonds is 6. The molecule has 0 bridgehead atoms. The summed E-state index contributed by atoms with van der Waals surface area (Å²) >= 11 is 1.51. The Morgan fingerprint density at radius 1 is 1.09 bits per heavy atom. The number of carbonyl (C=O) groups excluding carboxylic acids is 1. The van der Waals surface area contributed by atoms with Gasteiger partial charge < -0.3 is 19.5 Å². The molecule has 0 saturated carbocycles. The molecule has 2 aliphatic heterocycles. The molecule has 2 saturated heterocycles. The van der Waals surface area contributed by atoms with E-state index in [1.165, 1.54) is 47.0 Å². The van der Waals surface area contributed by atoms with Crippen LogP contribution in [0.15, 0.2) is 72.0 Å². The van der Waals surface area contributed by atoms with Crippen LogP contribution in [0.1, 0.15) is 23.1 Å². The highest BCUT2D eigenvalue weighted by atomic mass is 32.2. The number of aromatic nitrogens is 3. The van der Waals surface area contributed by atoms with Crippen LogP contribution in [-0.2, 0) is 17.6 Å². The number of methoxy groups -OCH3 is 1. The number of alkyl halides is 3. The minimum Gasteiger partial charge on any atom is -0.497 e. The summed E-state index contributed by atoms with van der Waals surface area (Å²) in [5.74, 6) is 1.70. The average Bonchev–Trinajstić information content (AvgIpc) is 3.65. The number of amidine groups is 1. The van der Waals surface area contributed by atoms with E-state index in [-0.39, 0.29) is 30.2 Å². The van der Waals surface area contributed by atoms with E-state index in [0.717, 1.165) is 52.3 Å². The number of ether oxygens (including phenoxy) is 3. The van der Waals surface area contributed by atoms with Gasteiger partial charge in [0.2, 0.25) is 0 Å². The standard InChI is InChI=1S/C32H29F3N6O4S/c1-18-13-25(43-2)11-12-26(18)41-29-27(44-29)16-46-31(41)38-30(42)37-22-6-5-19-14-21(4-3-20(19)15-22)28-36-17-40(39-28)23-7-9-24(10-8-23)45-32(33,34)35/h3-4,7-14,17,22,27,29H,5-6,15-16H2,1-2H3,(H,37,42). The number of epoxide rings is 1. The Morgan fingerprint density at radius 2 is 1.89 bits per heavy atom. The van der Waals surface area contributed by atoms with Gasteiger partial charge in [-0.25, -0.2) is 14.5 Å². The number of amides is 2. The molecule has 0 spiro atoms. The number of halogens is 3. The highest BCUT2D eigenvalue weighted by Gasteiger charge is 2.50. The van der Waals surface area contributed by atoms with Gasteiger partial charge >= 0.3 is 12.4 Å². The number of hydrogen-bond acceptors (Lipinski definition) is 7. The molecule has 7 rings (SSSR count). The fourth-order valence-corrected chi connectivity index (χ4v) is 6.85. The second-order valence-corrected chi connectivity index (χ2v) is 12.2. The van der Waals surface area contributed by atoms with E-state index in [2.05, 4.69) is 25.1 Å². The quantitative estimate of drug-likeness (QED) is 0.252. The average molecular weight is 651 g/mol. The Kier molecular flexibility index (Phi) is 7.85. The first-order valence-electron chi connectivity index (χ1n) is 14.6. The molecule has 238 valence electrons. The third-order valence-electron chi connectivity index (χ3n) is 8.10. The number of urea groups is 1. The molecule has 1 aliphatic carbocycles. The Balaban J connectivity index is 1.00. The molecule has 3 unspecified atom stereocenters. The van der Waals surface area contributed by atoms with Crippen molar-refractivity contribution in [2.75, 3.05) is 17.8 Å². The van der Waals surface area contributed by atoms with E-state index in [4.69, 9.17) is 9.47 Å². The number of fused-ring (bicyclic) bond motifs is 2.